The van der Waals surface area contributed by atoms with Gasteiger partial charge in [-0.05, 0) is 48.3 Å². The molecule has 1 aliphatic rings. The highest BCUT2D eigenvalue weighted by molar-refractivity contribution is 9.10. The highest BCUT2D eigenvalue weighted by Gasteiger charge is 2.28. The molecule has 1 aliphatic heterocycles. The SMILES string of the molecule is CC(C)n1c(N2CCC(NCC(N)=O)C2)nc(OCc2ccc(F)cc2F)c(Br)c1=O. The number of aromatic nitrogens is 2. The van der Waals surface area contributed by atoms with Gasteiger partial charge in [-0.2, -0.15) is 4.98 Å². The minimum absolute atomic E-state index is 0.0198. The Morgan fingerprint density at radius 2 is 2.16 bits per heavy atom. The number of carbonyl (C=O) groups excluding carboxylic acids is 1. The first-order valence-corrected chi connectivity index (χ1v) is 10.6. The van der Waals surface area contributed by atoms with Crippen LogP contribution in [0.3, 0.4) is 0 Å². The Morgan fingerprint density at radius 1 is 1.42 bits per heavy atom. The fourth-order valence-electron chi connectivity index (χ4n) is 3.40. The summed E-state index contributed by atoms with van der Waals surface area (Å²) in [4.78, 5) is 30.5. The number of nitrogens with two attached hydrogens (primary N) is 1. The fraction of sp³-hybridized carbons (Fsp3) is 0.450. The van der Waals surface area contributed by atoms with Crippen LogP contribution < -0.4 is 26.2 Å². The molecule has 0 bridgehead atoms. The molecule has 1 aromatic heterocycles. The Morgan fingerprint density at radius 3 is 2.81 bits per heavy atom. The summed E-state index contributed by atoms with van der Waals surface area (Å²) in [5.41, 5.74) is 5.00. The standard InChI is InChI=1S/C20H24BrF2N5O3/c1-11(2)28-19(30)17(21)18(31-10-12-3-4-13(22)7-15(12)23)26-20(28)27-6-5-14(9-27)25-8-16(24)29/h3-4,7,11,14,25H,5-6,8-10H2,1-2H3,(H2,24,29). The van der Waals surface area contributed by atoms with Crippen molar-refractivity contribution in [2.24, 2.45) is 5.73 Å². The second-order valence-corrected chi connectivity index (χ2v) is 8.40. The number of nitrogens with one attached hydrogen (secondary N) is 1. The Labute approximate surface area is 186 Å². The van der Waals surface area contributed by atoms with Crippen molar-refractivity contribution in [2.45, 2.75) is 39.0 Å². The van der Waals surface area contributed by atoms with Gasteiger partial charge in [-0.25, -0.2) is 8.78 Å². The molecule has 1 atom stereocenters. The first-order chi connectivity index (χ1) is 14.7. The van der Waals surface area contributed by atoms with Crippen LogP contribution in [0, 0.1) is 11.6 Å². The predicted octanol–water partition coefficient (Wildman–Crippen LogP) is 2.10. The van der Waals surface area contributed by atoms with Crippen LogP contribution in [0.5, 0.6) is 5.88 Å². The van der Waals surface area contributed by atoms with Crippen molar-refractivity contribution in [3.63, 3.8) is 0 Å². The molecule has 2 heterocycles. The lowest BCUT2D eigenvalue weighted by molar-refractivity contribution is -0.117. The third-order valence-corrected chi connectivity index (χ3v) is 5.62. The van der Waals surface area contributed by atoms with E-state index >= 15 is 0 Å². The summed E-state index contributed by atoms with van der Waals surface area (Å²) in [5.74, 6) is -1.43. The molecule has 1 unspecified atom stereocenters. The lowest BCUT2D eigenvalue weighted by Gasteiger charge is -2.25. The summed E-state index contributed by atoms with van der Waals surface area (Å²) in [6.45, 7) is 4.73. The maximum Gasteiger partial charge on any atom is 0.273 e. The van der Waals surface area contributed by atoms with Gasteiger partial charge in [-0.15, -0.1) is 0 Å². The Kier molecular flexibility index (Phi) is 7.26. The molecule has 0 radical (unpaired) electrons. The number of benzene rings is 1. The zero-order valence-corrected chi connectivity index (χ0v) is 18.8. The smallest absolute Gasteiger partial charge is 0.273 e. The molecule has 0 saturated carbocycles. The molecule has 31 heavy (non-hydrogen) atoms. The number of rotatable bonds is 8. The number of nitrogens with zero attached hydrogens (tertiary/aromatic N) is 3. The van der Waals surface area contributed by atoms with E-state index in [1.807, 2.05) is 18.7 Å². The number of halogens is 3. The Bertz CT molecular complexity index is 1030. The van der Waals surface area contributed by atoms with Crippen molar-refractivity contribution in [3.8, 4) is 5.88 Å². The van der Waals surface area contributed by atoms with Gasteiger partial charge >= 0.3 is 0 Å². The Balaban J connectivity index is 1.87. The van der Waals surface area contributed by atoms with Crippen LogP contribution in [-0.2, 0) is 11.4 Å². The third kappa shape index (κ3) is 5.40. The molecule has 1 fully saturated rings. The second kappa shape index (κ2) is 9.73. The molecule has 1 amide bonds. The van der Waals surface area contributed by atoms with Crippen molar-refractivity contribution >= 4 is 27.8 Å². The lowest BCUT2D eigenvalue weighted by Crippen LogP contribution is -2.39. The van der Waals surface area contributed by atoms with Crippen LogP contribution in [0.2, 0.25) is 0 Å². The van der Waals surface area contributed by atoms with Gasteiger partial charge in [0.2, 0.25) is 17.7 Å². The van der Waals surface area contributed by atoms with Gasteiger partial charge in [-0.1, -0.05) is 0 Å². The molecule has 1 aromatic carbocycles. The maximum atomic E-state index is 13.9. The summed E-state index contributed by atoms with van der Waals surface area (Å²) in [6.07, 6.45) is 0.744. The van der Waals surface area contributed by atoms with E-state index in [1.165, 1.54) is 6.07 Å². The van der Waals surface area contributed by atoms with Gasteiger partial charge in [0.05, 0.1) is 6.54 Å². The summed E-state index contributed by atoms with van der Waals surface area (Å²) in [5, 5.41) is 3.08. The number of primary amides is 1. The van der Waals surface area contributed by atoms with Gasteiger partial charge in [0.25, 0.3) is 5.56 Å². The van der Waals surface area contributed by atoms with E-state index in [4.69, 9.17) is 10.5 Å². The zero-order chi connectivity index (χ0) is 22.7. The van der Waals surface area contributed by atoms with Crippen molar-refractivity contribution in [3.05, 3.63) is 50.2 Å². The van der Waals surface area contributed by atoms with Crippen molar-refractivity contribution in [1.82, 2.24) is 14.9 Å². The van der Waals surface area contributed by atoms with Crippen LogP contribution in [0.15, 0.2) is 27.5 Å². The van der Waals surface area contributed by atoms with Gasteiger partial charge in [0.15, 0.2) is 0 Å². The average molecular weight is 500 g/mol. The first-order valence-electron chi connectivity index (χ1n) is 9.82. The number of hydrogen-bond donors (Lipinski definition) is 2. The van der Waals surface area contributed by atoms with Crippen LogP contribution in [-0.4, -0.2) is 41.1 Å². The molecule has 0 spiro atoms. The van der Waals surface area contributed by atoms with Crippen molar-refractivity contribution in [2.75, 3.05) is 24.5 Å². The fourth-order valence-corrected chi connectivity index (χ4v) is 3.80. The minimum Gasteiger partial charge on any atom is -0.472 e. The third-order valence-electron chi connectivity index (χ3n) is 4.94. The van der Waals surface area contributed by atoms with E-state index in [9.17, 15) is 18.4 Å². The zero-order valence-electron chi connectivity index (χ0n) is 17.2. The number of carbonyl (C=O) groups is 1. The first kappa shape index (κ1) is 23.1. The van der Waals surface area contributed by atoms with Crippen LogP contribution in [0.25, 0.3) is 0 Å². The lowest BCUT2D eigenvalue weighted by atomic mass is 10.2. The van der Waals surface area contributed by atoms with Crippen LogP contribution in [0.1, 0.15) is 31.9 Å². The molecule has 168 valence electrons. The van der Waals surface area contributed by atoms with E-state index in [0.29, 0.717) is 19.0 Å². The monoisotopic (exact) mass is 499 g/mol. The summed E-state index contributed by atoms with van der Waals surface area (Å²) >= 11 is 3.24. The highest BCUT2D eigenvalue weighted by atomic mass is 79.9. The molecule has 2 aromatic rings. The molecule has 3 rings (SSSR count). The topological polar surface area (TPSA) is 102 Å². The van der Waals surface area contributed by atoms with Crippen molar-refractivity contribution in [1.29, 1.82) is 0 Å². The number of hydrogen-bond acceptors (Lipinski definition) is 6. The summed E-state index contributed by atoms with van der Waals surface area (Å²) in [6, 6.07) is 3.03. The van der Waals surface area contributed by atoms with Gasteiger partial charge in [0.1, 0.15) is 22.7 Å². The van der Waals surface area contributed by atoms with Crippen LogP contribution >= 0.6 is 15.9 Å². The largest absolute Gasteiger partial charge is 0.472 e. The molecule has 11 heteroatoms. The normalized spacial score (nSPS) is 16.2. The average Bonchev–Trinajstić information content (AvgIpc) is 3.17. The van der Waals surface area contributed by atoms with E-state index in [1.54, 1.807) is 4.57 Å². The van der Waals surface area contributed by atoms with E-state index < -0.39 is 17.5 Å². The maximum absolute atomic E-state index is 13.9. The summed E-state index contributed by atoms with van der Waals surface area (Å²) in [7, 11) is 0. The molecule has 1 saturated heterocycles. The van der Waals surface area contributed by atoms with E-state index in [2.05, 4.69) is 26.2 Å². The molecular formula is C20H24BrF2N5O3. The van der Waals surface area contributed by atoms with Gasteiger partial charge in [-0.3, -0.25) is 14.2 Å². The van der Waals surface area contributed by atoms with E-state index in [0.717, 1.165) is 18.6 Å². The molecular weight excluding hydrogens is 476 g/mol. The summed E-state index contributed by atoms with van der Waals surface area (Å²) < 4.78 is 34.4. The molecule has 0 aliphatic carbocycles. The van der Waals surface area contributed by atoms with Crippen molar-refractivity contribution < 1.29 is 18.3 Å². The number of amides is 1. The Hall–Kier alpha value is -2.53. The molecule has 3 N–H and O–H groups in total. The van der Waals surface area contributed by atoms with Gasteiger partial charge in [0, 0.05) is 36.8 Å². The van der Waals surface area contributed by atoms with Gasteiger partial charge < -0.3 is 20.7 Å². The number of anilines is 1. The predicted molar refractivity (Wildman–Crippen MR) is 115 cm³/mol. The quantitative estimate of drug-likeness (QED) is 0.576. The van der Waals surface area contributed by atoms with E-state index in [-0.39, 0.29) is 46.7 Å². The minimum atomic E-state index is -0.741. The van der Waals surface area contributed by atoms with Crippen LogP contribution in [0.4, 0.5) is 14.7 Å². The second-order valence-electron chi connectivity index (χ2n) is 7.60. The number of ether oxygens (including phenoxy) is 1. The molecule has 8 nitrogen and oxygen atoms in total. The highest BCUT2D eigenvalue weighted by Crippen LogP contribution is 2.28.